The number of hydrogen-bond donors (Lipinski definition) is 9. The van der Waals surface area contributed by atoms with Gasteiger partial charge in [-0.2, -0.15) is 0 Å². The standard InChI is InChI=1S/C44H55N17O8/c1-56-16-15-47-37(56)43(68)55-34-25-61(6)38(54-34)44(69)53-29-19-30(58(3)24-29)39(64)48-12-7-9-36(63)50-26-17-32(59(4)21-26)41(66)52-28-20-33(60(5)23-28)42(67)51-27-18-31(57(2)22-27)40(65)49-14-10-35(62)46-13-8-11-45/h15-25H,7-14,45H2,1-6H3,(H,46,62)(H,48,64)(H,49,65)(H,50,63)(H,51,67)(H,52,66)(H,53,69)(H,55,68). The Morgan fingerprint density at radius 2 is 0.928 bits per heavy atom. The maximum Gasteiger partial charge on any atom is 0.292 e. The number of nitrogens with zero attached hydrogens (tertiary/aromatic N) is 8. The summed E-state index contributed by atoms with van der Waals surface area (Å²) in [7, 11) is 9.84. The minimum Gasteiger partial charge on any atom is -0.356 e. The lowest BCUT2D eigenvalue weighted by molar-refractivity contribution is -0.121. The Morgan fingerprint density at radius 1 is 0.464 bits per heavy atom. The third-order valence-corrected chi connectivity index (χ3v) is 10.6. The Kier molecular flexibility index (Phi) is 16.0. The van der Waals surface area contributed by atoms with Gasteiger partial charge in [-0.1, -0.05) is 0 Å². The van der Waals surface area contributed by atoms with Crippen molar-refractivity contribution in [1.82, 2.24) is 53.3 Å². The van der Waals surface area contributed by atoms with Crippen molar-refractivity contribution < 1.29 is 38.4 Å². The summed E-state index contributed by atoms with van der Waals surface area (Å²) in [4.78, 5) is 111. The van der Waals surface area contributed by atoms with E-state index >= 15 is 0 Å². The summed E-state index contributed by atoms with van der Waals surface area (Å²) in [6.07, 6.45) is 12.0. The molecule has 69 heavy (non-hydrogen) atoms. The Hall–Kier alpha value is -8.74. The minimum absolute atomic E-state index is 0.0143. The van der Waals surface area contributed by atoms with Gasteiger partial charge in [0.1, 0.15) is 22.8 Å². The van der Waals surface area contributed by atoms with E-state index < -0.39 is 35.4 Å². The Labute approximate surface area is 395 Å². The molecule has 0 radical (unpaired) electrons. The van der Waals surface area contributed by atoms with E-state index in [4.69, 9.17) is 5.73 Å². The van der Waals surface area contributed by atoms with Crippen LogP contribution < -0.4 is 48.3 Å². The molecule has 6 rings (SSSR count). The summed E-state index contributed by atoms with van der Waals surface area (Å²) in [6, 6.07) is 6.01. The molecular formula is C44H55N17O8. The largest absolute Gasteiger partial charge is 0.356 e. The first-order chi connectivity index (χ1) is 32.9. The van der Waals surface area contributed by atoms with Gasteiger partial charge < -0.3 is 75.7 Å². The number of amides is 8. The number of aromatic nitrogens is 8. The highest BCUT2D eigenvalue weighted by atomic mass is 16.2. The van der Waals surface area contributed by atoms with Gasteiger partial charge in [-0.15, -0.1) is 0 Å². The Bertz CT molecular complexity index is 2910. The van der Waals surface area contributed by atoms with Gasteiger partial charge in [-0.25, -0.2) is 9.97 Å². The minimum atomic E-state index is -0.571. The number of anilines is 5. The van der Waals surface area contributed by atoms with Crippen LogP contribution in [0, 0.1) is 0 Å². The summed E-state index contributed by atoms with van der Waals surface area (Å²) in [5, 5.41) is 21.8. The summed E-state index contributed by atoms with van der Waals surface area (Å²) < 4.78 is 9.16. The highest BCUT2D eigenvalue weighted by Crippen LogP contribution is 2.21. The molecule has 364 valence electrons. The van der Waals surface area contributed by atoms with Crippen molar-refractivity contribution in [3.63, 3.8) is 0 Å². The average molecular weight is 950 g/mol. The predicted octanol–water partition coefficient (Wildman–Crippen LogP) is 1.25. The smallest absolute Gasteiger partial charge is 0.292 e. The lowest BCUT2D eigenvalue weighted by Crippen LogP contribution is -2.32. The van der Waals surface area contributed by atoms with Gasteiger partial charge in [0, 0.05) is 118 Å². The molecule has 8 amide bonds. The topological polar surface area (TPSA) is 314 Å². The quantitative estimate of drug-likeness (QED) is 0.0463. The molecule has 0 saturated heterocycles. The van der Waals surface area contributed by atoms with Crippen molar-refractivity contribution in [3.8, 4) is 0 Å². The summed E-state index contributed by atoms with van der Waals surface area (Å²) >= 11 is 0. The molecule has 25 nitrogen and oxygen atoms in total. The van der Waals surface area contributed by atoms with Gasteiger partial charge in [0.05, 0.1) is 22.7 Å². The van der Waals surface area contributed by atoms with E-state index in [2.05, 4.69) is 52.5 Å². The molecule has 0 aromatic carbocycles. The average Bonchev–Trinajstić information content (AvgIpc) is 4.16. The number of carbonyl (C=O) groups is 8. The van der Waals surface area contributed by atoms with Gasteiger partial charge in [0.2, 0.25) is 17.6 Å². The monoisotopic (exact) mass is 949 g/mol. The van der Waals surface area contributed by atoms with Crippen molar-refractivity contribution in [3.05, 3.63) is 102 Å². The fourth-order valence-electron chi connectivity index (χ4n) is 7.07. The molecule has 0 atom stereocenters. The van der Waals surface area contributed by atoms with E-state index in [1.54, 1.807) is 82.4 Å². The zero-order valence-electron chi connectivity index (χ0n) is 38.9. The van der Waals surface area contributed by atoms with Crippen LogP contribution in [0.5, 0.6) is 0 Å². The molecule has 10 N–H and O–H groups in total. The molecule has 25 heteroatoms. The maximum atomic E-state index is 13.3. The maximum absolute atomic E-state index is 13.3. The molecule has 6 heterocycles. The van der Waals surface area contributed by atoms with Crippen molar-refractivity contribution in [2.75, 3.05) is 52.8 Å². The molecule has 0 bridgehead atoms. The van der Waals surface area contributed by atoms with Crippen LogP contribution in [0.15, 0.2) is 67.6 Å². The second-order valence-electron chi connectivity index (χ2n) is 16.0. The number of imidazole rings is 2. The van der Waals surface area contributed by atoms with E-state index in [9.17, 15) is 38.4 Å². The first-order valence-corrected chi connectivity index (χ1v) is 21.6. The second kappa shape index (κ2) is 22.2. The van der Waals surface area contributed by atoms with Gasteiger partial charge in [-0.3, -0.25) is 38.4 Å². The van der Waals surface area contributed by atoms with Crippen LogP contribution in [-0.2, 0) is 51.9 Å². The number of nitrogens with one attached hydrogen (secondary N) is 8. The summed E-state index contributed by atoms with van der Waals surface area (Å²) in [5.74, 6) is -3.11. The van der Waals surface area contributed by atoms with Crippen LogP contribution >= 0.6 is 0 Å². The lowest BCUT2D eigenvalue weighted by Gasteiger charge is -2.06. The molecule has 0 aliphatic carbocycles. The molecule has 0 spiro atoms. The Morgan fingerprint density at radius 3 is 1.43 bits per heavy atom. The van der Waals surface area contributed by atoms with E-state index in [0.717, 1.165) is 0 Å². The Balaban J connectivity index is 0.924. The first kappa shape index (κ1) is 49.7. The lowest BCUT2D eigenvalue weighted by atomic mass is 10.2. The van der Waals surface area contributed by atoms with Crippen LogP contribution in [0.3, 0.4) is 0 Å². The molecule has 0 unspecified atom stereocenters. The van der Waals surface area contributed by atoms with Crippen LogP contribution in [0.25, 0.3) is 0 Å². The summed E-state index contributed by atoms with van der Waals surface area (Å²) in [6.45, 7) is 1.23. The first-order valence-electron chi connectivity index (χ1n) is 21.6. The fraction of sp³-hybridized carbons (Fsp3) is 0.318. The fourth-order valence-corrected chi connectivity index (χ4v) is 7.07. The molecule has 0 fully saturated rings. The number of rotatable bonds is 21. The van der Waals surface area contributed by atoms with E-state index in [0.29, 0.717) is 48.7 Å². The highest BCUT2D eigenvalue weighted by molar-refractivity contribution is 6.08. The van der Waals surface area contributed by atoms with Crippen LogP contribution in [0.4, 0.5) is 28.6 Å². The van der Waals surface area contributed by atoms with Crippen LogP contribution in [0.1, 0.15) is 88.9 Å². The third kappa shape index (κ3) is 12.8. The number of nitrogens with two attached hydrogens (primary N) is 1. The van der Waals surface area contributed by atoms with Crippen molar-refractivity contribution in [1.29, 1.82) is 0 Å². The van der Waals surface area contributed by atoms with E-state index in [1.165, 1.54) is 54.9 Å². The number of carbonyl (C=O) groups excluding carboxylic acids is 8. The van der Waals surface area contributed by atoms with Crippen molar-refractivity contribution >= 4 is 75.8 Å². The zero-order chi connectivity index (χ0) is 49.9. The third-order valence-electron chi connectivity index (χ3n) is 10.6. The normalized spacial score (nSPS) is 10.9. The molecule has 6 aromatic heterocycles. The van der Waals surface area contributed by atoms with Crippen molar-refractivity contribution in [2.45, 2.75) is 25.7 Å². The second-order valence-corrected chi connectivity index (χ2v) is 16.0. The van der Waals surface area contributed by atoms with Gasteiger partial charge >= 0.3 is 0 Å². The van der Waals surface area contributed by atoms with Gasteiger partial charge in [0.15, 0.2) is 11.6 Å². The highest BCUT2D eigenvalue weighted by Gasteiger charge is 2.22. The predicted molar refractivity (Wildman–Crippen MR) is 254 cm³/mol. The number of aryl methyl sites for hydroxylation is 6. The van der Waals surface area contributed by atoms with Crippen LogP contribution in [0.2, 0.25) is 0 Å². The summed E-state index contributed by atoms with van der Waals surface area (Å²) in [5.41, 5.74) is 7.80. The number of hydrogen-bond acceptors (Lipinski definition) is 11. The molecule has 0 aliphatic heterocycles. The molecule has 0 aliphatic rings. The van der Waals surface area contributed by atoms with Gasteiger partial charge in [-0.05, 0) is 43.7 Å². The van der Waals surface area contributed by atoms with Crippen molar-refractivity contribution in [2.24, 2.45) is 48.0 Å². The molecule has 0 saturated carbocycles. The zero-order valence-corrected chi connectivity index (χ0v) is 38.9. The SMILES string of the molecule is Cn1cc(NC(=O)c2nc(NC(=O)c3nccn3C)cn2C)cc1C(=O)NCCCC(=O)Nc1cc(C(=O)Nc2cc(C(=O)Nc3cc(C(=O)NCCC(=O)NCCCN)n(C)c3)n(C)c2)n(C)c1. The van der Waals surface area contributed by atoms with E-state index in [1.807, 2.05) is 0 Å². The molecule has 6 aromatic rings. The van der Waals surface area contributed by atoms with Gasteiger partial charge in [0.25, 0.3) is 35.4 Å². The molecular weight excluding hydrogens is 895 g/mol. The van der Waals surface area contributed by atoms with Crippen LogP contribution in [-0.4, -0.2) is 111 Å². The van der Waals surface area contributed by atoms with E-state index in [-0.39, 0.29) is 78.0 Å².